The van der Waals surface area contributed by atoms with Crippen LogP contribution < -0.4 is 0 Å². The highest BCUT2D eigenvalue weighted by Gasteiger charge is 2.55. The number of rotatable bonds is 3. The van der Waals surface area contributed by atoms with Gasteiger partial charge in [0.25, 0.3) is 5.79 Å². The highest BCUT2D eigenvalue weighted by Crippen LogP contribution is 2.49. The van der Waals surface area contributed by atoms with E-state index in [1.165, 1.54) is 13.8 Å². The number of esters is 2. The Labute approximate surface area is 121 Å². The molecule has 1 saturated heterocycles. The van der Waals surface area contributed by atoms with Crippen molar-refractivity contribution in [3.8, 4) is 0 Å². The van der Waals surface area contributed by atoms with Crippen LogP contribution in [0.3, 0.4) is 0 Å². The summed E-state index contributed by atoms with van der Waals surface area (Å²) in [6.45, 7) is 2.91. The van der Waals surface area contributed by atoms with Gasteiger partial charge in [-0.1, -0.05) is 0 Å². The van der Waals surface area contributed by atoms with Crippen molar-refractivity contribution < 1.29 is 23.9 Å². The van der Waals surface area contributed by atoms with E-state index in [0.29, 0.717) is 6.42 Å². The molecule has 2 unspecified atom stereocenters. The molecule has 0 aromatic carbocycles. The zero-order valence-corrected chi connectivity index (χ0v) is 12.0. The molecule has 0 radical (unpaired) electrons. The van der Waals surface area contributed by atoms with Gasteiger partial charge in [-0.25, -0.2) is 4.98 Å². The fraction of sp³-hybridized carbons (Fsp3) is 0.571. The van der Waals surface area contributed by atoms with E-state index in [0.717, 1.165) is 5.69 Å². The largest absolute Gasteiger partial charge is 0.422 e. The number of ether oxygens (including phenoxy) is 2. The SMILES string of the molecule is Cn1cnc(C2CC2C(=O)C2C(=O)OC(C)(C)OC2=O)c1. The van der Waals surface area contributed by atoms with Crippen molar-refractivity contribution in [2.45, 2.75) is 32.0 Å². The maximum absolute atomic E-state index is 12.3. The van der Waals surface area contributed by atoms with E-state index >= 15 is 0 Å². The number of aromatic nitrogens is 2. The molecule has 3 rings (SSSR count). The number of hydrogen-bond donors (Lipinski definition) is 0. The summed E-state index contributed by atoms with van der Waals surface area (Å²) < 4.78 is 11.7. The van der Waals surface area contributed by atoms with Crippen LogP contribution in [0.15, 0.2) is 12.5 Å². The smallest absolute Gasteiger partial charge is 0.331 e. The summed E-state index contributed by atoms with van der Waals surface area (Å²) >= 11 is 0. The van der Waals surface area contributed by atoms with Crippen molar-refractivity contribution in [1.82, 2.24) is 9.55 Å². The Balaban J connectivity index is 1.72. The van der Waals surface area contributed by atoms with E-state index < -0.39 is 29.4 Å². The summed E-state index contributed by atoms with van der Waals surface area (Å²) in [4.78, 5) is 40.3. The monoisotopic (exact) mass is 292 g/mol. The van der Waals surface area contributed by atoms with Gasteiger partial charge < -0.3 is 14.0 Å². The molecule has 0 bridgehead atoms. The van der Waals surface area contributed by atoms with Crippen LogP contribution in [0.1, 0.15) is 31.9 Å². The van der Waals surface area contributed by atoms with Gasteiger partial charge in [-0.2, -0.15) is 0 Å². The summed E-state index contributed by atoms with van der Waals surface area (Å²) in [5.74, 6) is -5.26. The third-order valence-electron chi connectivity index (χ3n) is 3.71. The van der Waals surface area contributed by atoms with Gasteiger partial charge in [0, 0.05) is 38.9 Å². The van der Waals surface area contributed by atoms with Crippen LogP contribution in [0, 0.1) is 11.8 Å². The third kappa shape index (κ3) is 2.43. The average Bonchev–Trinajstić information content (AvgIpc) is 3.02. The van der Waals surface area contributed by atoms with Crippen molar-refractivity contribution in [1.29, 1.82) is 0 Å². The third-order valence-corrected chi connectivity index (χ3v) is 3.71. The minimum atomic E-state index is -1.46. The van der Waals surface area contributed by atoms with Gasteiger partial charge in [-0.3, -0.25) is 14.4 Å². The lowest BCUT2D eigenvalue weighted by molar-refractivity contribution is -0.238. The Hall–Kier alpha value is -2.18. The minimum absolute atomic E-state index is 0.0331. The summed E-state index contributed by atoms with van der Waals surface area (Å²) in [6.07, 6.45) is 4.08. The number of ketones is 1. The average molecular weight is 292 g/mol. The number of imidazole rings is 1. The van der Waals surface area contributed by atoms with E-state index in [9.17, 15) is 14.4 Å². The van der Waals surface area contributed by atoms with Crippen LogP contribution in [0.2, 0.25) is 0 Å². The number of hydrogen-bond acceptors (Lipinski definition) is 6. The van der Waals surface area contributed by atoms with Crippen LogP contribution in [-0.2, 0) is 30.9 Å². The maximum Gasteiger partial charge on any atom is 0.331 e. The van der Waals surface area contributed by atoms with Gasteiger partial charge in [0.2, 0.25) is 5.92 Å². The number of cyclic esters (lactones) is 2. The highest BCUT2D eigenvalue weighted by atomic mass is 16.7. The number of nitrogens with zero attached hydrogens (tertiary/aromatic N) is 2. The molecule has 1 aromatic rings. The van der Waals surface area contributed by atoms with Crippen LogP contribution in [-0.4, -0.2) is 33.1 Å². The molecule has 0 spiro atoms. The van der Waals surface area contributed by atoms with Crippen molar-refractivity contribution in [2.24, 2.45) is 18.9 Å². The molecule has 21 heavy (non-hydrogen) atoms. The van der Waals surface area contributed by atoms with Crippen molar-refractivity contribution in [2.75, 3.05) is 0 Å². The molecule has 1 aliphatic carbocycles. The number of carbonyl (C=O) groups is 3. The predicted molar refractivity (Wildman–Crippen MR) is 68.8 cm³/mol. The molecule has 2 aliphatic rings. The first-order chi connectivity index (χ1) is 9.78. The lowest BCUT2D eigenvalue weighted by Gasteiger charge is -2.32. The van der Waals surface area contributed by atoms with E-state index in [4.69, 9.17) is 9.47 Å². The molecular weight excluding hydrogens is 276 g/mol. The highest BCUT2D eigenvalue weighted by molar-refractivity contribution is 6.17. The lowest BCUT2D eigenvalue weighted by Crippen LogP contribution is -2.49. The molecule has 0 amide bonds. The topological polar surface area (TPSA) is 87.5 Å². The molecule has 7 heteroatoms. The summed E-state index contributed by atoms with van der Waals surface area (Å²) in [5, 5.41) is 0. The van der Waals surface area contributed by atoms with Crippen LogP contribution >= 0.6 is 0 Å². The van der Waals surface area contributed by atoms with E-state index in [1.807, 2.05) is 13.2 Å². The molecule has 2 fully saturated rings. The molecule has 2 heterocycles. The van der Waals surface area contributed by atoms with Gasteiger partial charge >= 0.3 is 11.9 Å². The zero-order chi connectivity index (χ0) is 15.4. The Kier molecular flexibility index (Phi) is 2.89. The van der Waals surface area contributed by atoms with Crippen LogP contribution in [0.4, 0.5) is 0 Å². The van der Waals surface area contributed by atoms with Gasteiger partial charge in [-0.15, -0.1) is 0 Å². The van der Waals surface area contributed by atoms with Crippen molar-refractivity contribution >= 4 is 17.7 Å². The summed E-state index contributed by atoms with van der Waals surface area (Å²) in [7, 11) is 1.84. The van der Waals surface area contributed by atoms with Gasteiger partial charge in [0.1, 0.15) is 0 Å². The van der Waals surface area contributed by atoms with Crippen molar-refractivity contribution in [3.05, 3.63) is 18.2 Å². The lowest BCUT2D eigenvalue weighted by atomic mass is 9.98. The fourth-order valence-corrected chi connectivity index (χ4v) is 2.63. The second-order valence-electron chi connectivity index (χ2n) is 5.99. The maximum atomic E-state index is 12.3. The van der Waals surface area contributed by atoms with E-state index in [1.54, 1.807) is 10.9 Å². The fourth-order valence-electron chi connectivity index (χ4n) is 2.63. The molecule has 112 valence electrons. The Morgan fingerprint density at radius 2 is 1.95 bits per heavy atom. The molecule has 1 aromatic heterocycles. The molecule has 1 saturated carbocycles. The number of aryl methyl sites for hydroxylation is 1. The first kappa shape index (κ1) is 13.8. The van der Waals surface area contributed by atoms with Crippen LogP contribution in [0.25, 0.3) is 0 Å². The molecule has 1 aliphatic heterocycles. The Morgan fingerprint density at radius 1 is 1.33 bits per heavy atom. The van der Waals surface area contributed by atoms with Gasteiger partial charge in [-0.05, 0) is 6.42 Å². The predicted octanol–water partition coefficient (Wildman–Crippen LogP) is 0.545. The quantitative estimate of drug-likeness (QED) is 0.597. The van der Waals surface area contributed by atoms with E-state index in [-0.39, 0.29) is 11.8 Å². The molecule has 7 nitrogen and oxygen atoms in total. The summed E-state index contributed by atoms with van der Waals surface area (Å²) in [5.41, 5.74) is 0.800. The number of carbonyl (C=O) groups excluding carboxylic acids is 3. The Bertz CT molecular complexity index is 613. The van der Waals surface area contributed by atoms with Crippen LogP contribution in [0.5, 0.6) is 0 Å². The first-order valence-corrected chi connectivity index (χ1v) is 6.76. The number of Topliss-reactive ketones (excluding diaryl/α,β-unsaturated/α-hetero) is 1. The molecule has 2 atom stereocenters. The van der Waals surface area contributed by atoms with Crippen molar-refractivity contribution in [3.63, 3.8) is 0 Å². The standard InChI is InChI=1S/C14H16N2O5/c1-14(2)20-12(18)10(13(19)21-14)11(17)8-4-7(8)9-5-16(3)6-15-9/h5-8,10H,4H2,1-3H3. The van der Waals surface area contributed by atoms with Gasteiger partial charge in [0.05, 0.1) is 12.0 Å². The zero-order valence-electron chi connectivity index (χ0n) is 12.0. The first-order valence-electron chi connectivity index (χ1n) is 6.76. The second kappa shape index (κ2) is 4.41. The molecular formula is C14H16N2O5. The second-order valence-corrected chi connectivity index (χ2v) is 5.99. The summed E-state index contributed by atoms with van der Waals surface area (Å²) in [6, 6.07) is 0. The van der Waals surface area contributed by atoms with E-state index in [2.05, 4.69) is 4.98 Å². The minimum Gasteiger partial charge on any atom is -0.422 e. The Morgan fingerprint density at radius 3 is 2.48 bits per heavy atom. The normalized spacial score (nSPS) is 28.0. The molecule has 0 N–H and O–H groups in total. The van der Waals surface area contributed by atoms with Gasteiger partial charge in [0.15, 0.2) is 5.78 Å².